The first-order valence-electron chi connectivity index (χ1n) is 12.3. The van der Waals surface area contributed by atoms with Crippen LogP contribution in [0.2, 0.25) is 0 Å². The first kappa shape index (κ1) is 24.8. The van der Waals surface area contributed by atoms with Gasteiger partial charge in [0.2, 0.25) is 0 Å². The first-order chi connectivity index (χ1) is 18.3. The molecule has 0 radical (unpaired) electrons. The second kappa shape index (κ2) is 10.3. The summed E-state index contributed by atoms with van der Waals surface area (Å²) >= 11 is 0. The van der Waals surface area contributed by atoms with Crippen molar-refractivity contribution in [3.8, 4) is 5.75 Å². The van der Waals surface area contributed by atoms with Crippen LogP contribution in [-0.4, -0.2) is 28.7 Å². The van der Waals surface area contributed by atoms with Gasteiger partial charge in [0, 0.05) is 17.1 Å². The van der Waals surface area contributed by atoms with Crippen LogP contribution in [-0.2, 0) is 4.79 Å². The third-order valence-corrected chi connectivity index (χ3v) is 6.49. The van der Waals surface area contributed by atoms with Gasteiger partial charge >= 0.3 is 0 Å². The van der Waals surface area contributed by atoms with Crippen molar-refractivity contribution in [2.24, 2.45) is 0 Å². The van der Waals surface area contributed by atoms with Gasteiger partial charge < -0.3 is 20.7 Å². The number of aryl methyl sites for hydroxylation is 2. The van der Waals surface area contributed by atoms with Gasteiger partial charge in [0.15, 0.2) is 0 Å². The molecule has 0 saturated heterocycles. The predicted octanol–water partition coefficient (Wildman–Crippen LogP) is 5.69. The molecule has 0 saturated carbocycles. The molecule has 3 aromatic carbocycles. The normalized spacial score (nSPS) is 14.4. The number of anilines is 3. The molecule has 5 rings (SSSR count). The Morgan fingerprint density at radius 2 is 1.55 bits per heavy atom. The van der Waals surface area contributed by atoms with Gasteiger partial charge in [0.1, 0.15) is 23.2 Å². The lowest BCUT2D eigenvalue weighted by Gasteiger charge is -2.30. The zero-order valence-electron chi connectivity index (χ0n) is 21.7. The zero-order valence-corrected chi connectivity index (χ0v) is 21.7. The number of ether oxygens (including phenoxy) is 1. The lowest BCUT2D eigenvalue weighted by atomic mass is 9.93. The molecule has 1 aromatic heterocycles. The molecule has 8 nitrogen and oxygen atoms in total. The number of aromatic nitrogens is 2. The van der Waals surface area contributed by atoms with Crippen molar-refractivity contribution < 1.29 is 14.3 Å². The number of nitrogens with one attached hydrogen (secondary N) is 3. The van der Waals surface area contributed by atoms with Crippen LogP contribution in [0.25, 0.3) is 0 Å². The van der Waals surface area contributed by atoms with Crippen molar-refractivity contribution in [3.63, 3.8) is 0 Å². The van der Waals surface area contributed by atoms with Crippen molar-refractivity contribution in [1.82, 2.24) is 9.78 Å². The molecule has 0 bridgehead atoms. The average molecular weight is 508 g/mol. The molecule has 0 unspecified atom stereocenters. The topological polar surface area (TPSA) is 97.3 Å². The largest absolute Gasteiger partial charge is 0.497 e. The number of nitrogens with zero attached hydrogens (tertiary/aromatic N) is 2. The minimum absolute atomic E-state index is 0.265. The van der Waals surface area contributed by atoms with E-state index >= 15 is 0 Å². The molecular weight excluding hydrogens is 478 g/mol. The fraction of sp³-hybridized carbons (Fsp3) is 0.167. The van der Waals surface area contributed by atoms with E-state index in [1.54, 1.807) is 36.1 Å². The Morgan fingerprint density at radius 1 is 0.868 bits per heavy atom. The third-order valence-electron chi connectivity index (χ3n) is 6.49. The minimum atomic E-state index is -0.537. The number of allylic oxidation sites excluding steroid dienone is 1. The average Bonchev–Trinajstić information content (AvgIpc) is 3.31. The number of hydrogen-bond donors (Lipinski definition) is 3. The van der Waals surface area contributed by atoms with Gasteiger partial charge in [-0.2, -0.15) is 5.10 Å². The predicted molar refractivity (Wildman–Crippen MR) is 149 cm³/mol. The van der Waals surface area contributed by atoms with Crippen LogP contribution in [0.4, 0.5) is 17.2 Å². The second-order valence-corrected chi connectivity index (χ2v) is 9.34. The Labute approximate surface area is 221 Å². The number of amides is 2. The van der Waals surface area contributed by atoms with E-state index in [1.165, 1.54) is 6.20 Å². The summed E-state index contributed by atoms with van der Waals surface area (Å²) in [5, 5.41) is 13.8. The van der Waals surface area contributed by atoms with Gasteiger partial charge in [0.05, 0.1) is 18.9 Å². The standard InChI is InChI=1S/C30H29N5O3/c1-18-7-5-9-21(15-18)27-26(30(37)33-22-11-13-24(38-4)14-12-22)20(3)32-28-25(17-31-35(27)28)29(36)34-23-10-6-8-19(2)16-23/h5-17,27,32H,1-4H3,(H,33,37)(H,34,36)/t27-/m1/s1. The van der Waals surface area contributed by atoms with Crippen molar-refractivity contribution >= 4 is 29.0 Å². The summed E-state index contributed by atoms with van der Waals surface area (Å²) in [5.74, 6) is 0.679. The van der Waals surface area contributed by atoms with Gasteiger partial charge in [-0.25, -0.2) is 4.68 Å². The number of rotatable bonds is 6. The van der Waals surface area contributed by atoms with Gasteiger partial charge in [-0.1, -0.05) is 42.0 Å². The SMILES string of the molecule is COc1ccc(NC(=O)C2=C(C)Nc3c(C(=O)Nc4cccc(C)c4)cnn3[C@@H]2c2cccc(C)c2)cc1. The van der Waals surface area contributed by atoms with E-state index in [4.69, 9.17) is 4.74 Å². The Kier molecular flexibility index (Phi) is 6.70. The summed E-state index contributed by atoms with van der Waals surface area (Å²) in [6.07, 6.45) is 1.54. The number of carbonyl (C=O) groups is 2. The van der Waals surface area contributed by atoms with Crippen LogP contribution >= 0.6 is 0 Å². The fourth-order valence-electron chi connectivity index (χ4n) is 4.66. The molecule has 2 amide bonds. The van der Waals surface area contributed by atoms with Crippen molar-refractivity contribution in [3.05, 3.63) is 113 Å². The molecule has 1 atom stereocenters. The number of methoxy groups -OCH3 is 1. The first-order valence-corrected chi connectivity index (χ1v) is 12.3. The molecule has 0 aliphatic carbocycles. The van der Waals surface area contributed by atoms with E-state index in [1.807, 2.05) is 69.3 Å². The molecular formula is C30H29N5O3. The summed E-state index contributed by atoms with van der Waals surface area (Å²) in [6, 6.07) is 22.2. The maximum Gasteiger partial charge on any atom is 0.261 e. The monoisotopic (exact) mass is 507 g/mol. The van der Waals surface area contributed by atoms with Gasteiger partial charge in [-0.3, -0.25) is 9.59 Å². The highest BCUT2D eigenvalue weighted by molar-refractivity contribution is 6.09. The summed E-state index contributed by atoms with van der Waals surface area (Å²) in [7, 11) is 1.60. The lowest BCUT2D eigenvalue weighted by Crippen LogP contribution is -2.32. The molecule has 1 aliphatic heterocycles. The van der Waals surface area contributed by atoms with Crippen LogP contribution < -0.4 is 20.7 Å². The van der Waals surface area contributed by atoms with Crippen LogP contribution in [0.5, 0.6) is 5.75 Å². The smallest absolute Gasteiger partial charge is 0.261 e. The maximum atomic E-state index is 13.7. The van der Waals surface area contributed by atoms with Crippen LogP contribution in [0, 0.1) is 13.8 Å². The van der Waals surface area contributed by atoms with Crippen molar-refractivity contribution in [1.29, 1.82) is 0 Å². The van der Waals surface area contributed by atoms with Crippen LogP contribution in [0.1, 0.15) is 40.0 Å². The highest BCUT2D eigenvalue weighted by Crippen LogP contribution is 2.38. The third kappa shape index (κ3) is 4.88. The van der Waals surface area contributed by atoms with Gasteiger partial charge in [-0.15, -0.1) is 0 Å². The number of hydrogen-bond acceptors (Lipinski definition) is 5. The summed E-state index contributed by atoms with van der Waals surface area (Å²) in [5.41, 5.74) is 5.87. The van der Waals surface area contributed by atoms with Crippen LogP contribution in [0.3, 0.4) is 0 Å². The minimum Gasteiger partial charge on any atom is -0.497 e. The lowest BCUT2D eigenvalue weighted by molar-refractivity contribution is -0.113. The van der Waals surface area contributed by atoms with E-state index in [-0.39, 0.29) is 11.8 Å². The molecule has 0 fully saturated rings. The summed E-state index contributed by atoms with van der Waals surface area (Å²) in [4.78, 5) is 26.9. The Hall–Kier alpha value is -4.85. The Morgan fingerprint density at radius 3 is 2.24 bits per heavy atom. The molecule has 4 aromatic rings. The highest BCUT2D eigenvalue weighted by atomic mass is 16.5. The van der Waals surface area contributed by atoms with Crippen molar-refractivity contribution in [2.45, 2.75) is 26.8 Å². The molecule has 2 heterocycles. The Bertz CT molecular complexity index is 1550. The molecule has 0 spiro atoms. The van der Waals surface area contributed by atoms with Crippen LogP contribution in [0.15, 0.2) is 90.3 Å². The van der Waals surface area contributed by atoms with Crippen molar-refractivity contribution in [2.75, 3.05) is 23.1 Å². The quantitative estimate of drug-likeness (QED) is 0.312. The van der Waals surface area contributed by atoms with E-state index in [0.29, 0.717) is 39.8 Å². The van der Waals surface area contributed by atoms with Gasteiger partial charge in [-0.05, 0) is 68.3 Å². The van der Waals surface area contributed by atoms with Gasteiger partial charge in [0.25, 0.3) is 11.8 Å². The molecule has 1 aliphatic rings. The van der Waals surface area contributed by atoms with E-state index in [9.17, 15) is 9.59 Å². The molecule has 3 N–H and O–H groups in total. The number of benzene rings is 3. The van der Waals surface area contributed by atoms with E-state index < -0.39 is 6.04 Å². The zero-order chi connectivity index (χ0) is 26.8. The molecule has 192 valence electrons. The second-order valence-electron chi connectivity index (χ2n) is 9.34. The fourth-order valence-corrected chi connectivity index (χ4v) is 4.66. The van der Waals surface area contributed by atoms with E-state index in [0.717, 1.165) is 16.7 Å². The summed E-state index contributed by atoms with van der Waals surface area (Å²) < 4.78 is 6.93. The number of fused-ring (bicyclic) bond motifs is 1. The van der Waals surface area contributed by atoms with E-state index in [2.05, 4.69) is 21.0 Å². The molecule has 8 heteroatoms. The maximum absolute atomic E-state index is 13.7. The highest BCUT2D eigenvalue weighted by Gasteiger charge is 2.35. The Balaban J connectivity index is 1.52. The molecule has 38 heavy (non-hydrogen) atoms. The summed E-state index contributed by atoms with van der Waals surface area (Å²) in [6.45, 7) is 5.81. The number of carbonyl (C=O) groups excluding carboxylic acids is 2.